The van der Waals surface area contributed by atoms with Crippen LogP contribution in [0.25, 0.3) is 10.8 Å². The van der Waals surface area contributed by atoms with E-state index in [-0.39, 0.29) is 18.1 Å². The Bertz CT molecular complexity index is 844. The molecule has 23 heavy (non-hydrogen) atoms. The molecule has 4 rings (SSSR count). The average molecular weight is 307 g/mol. The summed E-state index contributed by atoms with van der Waals surface area (Å²) in [4.78, 5) is 0. The maximum Gasteiger partial charge on any atom is 0.150 e. The highest BCUT2D eigenvalue weighted by molar-refractivity contribution is 5.89. The largest absolute Gasteiger partial charge is 0.475 e. The number of benzene rings is 3. The van der Waals surface area contributed by atoms with E-state index in [1.54, 1.807) is 0 Å². The Morgan fingerprint density at radius 3 is 2.57 bits per heavy atom. The van der Waals surface area contributed by atoms with Gasteiger partial charge in [-0.15, -0.1) is 0 Å². The van der Waals surface area contributed by atoms with Crippen LogP contribution in [-0.4, -0.2) is 6.23 Å². The Labute approximate surface area is 134 Å². The van der Waals surface area contributed by atoms with E-state index in [1.165, 1.54) is 22.9 Å². The summed E-state index contributed by atoms with van der Waals surface area (Å²) in [5.74, 6) is 0.689. The van der Waals surface area contributed by atoms with Gasteiger partial charge in [-0.2, -0.15) is 0 Å². The summed E-state index contributed by atoms with van der Waals surface area (Å²) >= 11 is 0. The Morgan fingerprint density at radius 1 is 1.00 bits per heavy atom. The summed E-state index contributed by atoms with van der Waals surface area (Å²) in [7, 11) is 0. The molecule has 0 saturated heterocycles. The van der Waals surface area contributed by atoms with Gasteiger partial charge in [0.2, 0.25) is 0 Å². The highest BCUT2D eigenvalue weighted by Gasteiger charge is 2.29. The topological polar surface area (TPSA) is 21.3 Å². The normalized spacial score (nSPS) is 20.1. The Balaban J connectivity index is 1.93. The molecule has 1 aliphatic rings. The molecule has 0 bridgehead atoms. The van der Waals surface area contributed by atoms with Gasteiger partial charge < -0.3 is 4.74 Å². The summed E-state index contributed by atoms with van der Waals surface area (Å²) in [6.07, 6.45) is 0.822. The van der Waals surface area contributed by atoms with Crippen LogP contribution in [0.1, 0.15) is 30.5 Å². The van der Waals surface area contributed by atoms with E-state index in [0.717, 1.165) is 23.3 Å². The number of rotatable bonds is 2. The fraction of sp³-hybridized carbons (Fsp3) is 0.200. The molecule has 3 heteroatoms. The van der Waals surface area contributed by atoms with E-state index < -0.39 is 0 Å². The lowest BCUT2D eigenvalue weighted by molar-refractivity contribution is 0.128. The predicted octanol–water partition coefficient (Wildman–Crippen LogP) is 4.79. The zero-order valence-electron chi connectivity index (χ0n) is 12.9. The Morgan fingerprint density at radius 2 is 1.78 bits per heavy atom. The van der Waals surface area contributed by atoms with Gasteiger partial charge in [0.25, 0.3) is 0 Å². The molecule has 116 valence electrons. The van der Waals surface area contributed by atoms with Gasteiger partial charge in [-0.05, 0) is 41.0 Å². The van der Waals surface area contributed by atoms with Crippen LogP contribution in [-0.2, 0) is 0 Å². The van der Waals surface area contributed by atoms with E-state index in [0.29, 0.717) is 0 Å². The average Bonchev–Trinajstić information content (AvgIpc) is 2.61. The van der Waals surface area contributed by atoms with Crippen LogP contribution in [0.4, 0.5) is 4.39 Å². The van der Waals surface area contributed by atoms with E-state index in [9.17, 15) is 4.39 Å². The van der Waals surface area contributed by atoms with E-state index in [4.69, 9.17) is 4.74 Å². The second-order valence-corrected chi connectivity index (χ2v) is 5.86. The van der Waals surface area contributed by atoms with E-state index >= 15 is 0 Å². The molecular formula is C20H18FNO. The first kappa shape index (κ1) is 14.2. The molecule has 0 spiro atoms. The van der Waals surface area contributed by atoms with Crippen molar-refractivity contribution in [2.45, 2.75) is 25.6 Å². The van der Waals surface area contributed by atoms with E-state index in [1.807, 2.05) is 30.3 Å². The first-order valence-electron chi connectivity index (χ1n) is 7.96. The predicted molar refractivity (Wildman–Crippen MR) is 90.0 cm³/mol. The monoisotopic (exact) mass is 307 g/mol. The molecule has 0 saturated carbocycles. The number of nitrogens with one attached hydrogen (secondary N) is 1. The zero-order valence-corrected chi connectivity index (χ0v) is 12.9. The molecule has 0 radical (unpaired) electrons. The van der Waals surface area contributed by atoms with Gasteiger partial charge in [0.05, 0.1) is 6.04 Å². The van der Waals surface area contributed by atoms with Crippen molar-refractivity contribution in [1.29, 1.82) is 0 Å². The lowest BCUT2D eigenvalue weighted by Gasteiger charge is -2.34. The third-order valence-electron chi connectivity index (χ3n) is 4.42. The van der Waals surface area contributed by atoms with Crippen molar-refractivity contribution >= 4 is 10.8 Å². The first-order valence-corrected chi connectivity index (χ1v) is 7.96. The third kappa shape index (κ3) is 2.47. The summed E-state index contributed by atoms with van der Waals surface area (Å²) in [5, 5.41) is 5.89. The van der Waals surface area contributed by atoms with Crippen LogP contribution >= 0.6 is 0 Å². The van der Waals surface area contributed by atoms with Crippen LogP contribution < -0.4 is 10.1 Å². The van der Waals surface area contributed by atoms with E-state index in [2.05, 4.69) is 30.4 Å². The molecule has 0 aromatic heterocycles. The van der Waals surface area contributed by atoms with Crippen LogP contribution in [0, 0.1) is 5.82 Å². The summed E-state index contributed by atoms with van der Waals surface area (Å²) < 4.78 is 19.4. The van der Waals surface area contributed by atoms with Crippen molar-refractivity contribution in [3.05, 3.63) is 77.6 Å². The minimum atomic E-state index is -0.217. The number of hydrogen-bond donors (Lipinski definition) is 1. The maximum atomic E-state index is 13.3. The van der Waals surface area contributed by atoms with Crippen LogP contribution in [0.5, 0.6) is 5.75 Å². The van der Waals surface area contributed by atoms with Gasteiger partial charge in [-0.25, -0.2) is 4.39 Å². The second kappa shape index (κ2) is 5.67. The van der Waals surface area contributed by atoms with Gasteiger partial charge in [0.15, 0.2) is 6.23 Å². The standard InChI is InChI=1S/C20H18FNO/c1-2-18-22-20(14-7-10-15(21)11-8-14)19-16-6-4-3-5-13(16)9-12-17(19)23-18/h3-12,18,20,22H,2H2,1H3/t18-,20+/m1/s1. The summed E-state index contributed by atoms with van der Waals surface area (Å²) in [6, 6.07) is 19.1. The molecule has 0 amide bonds. The lowest BCUT2D eigenvalue weighted by Crippen LogP contribution is -2.41. The molecule has 1 heterocycles. The molecule has 1 aliphatic heterocycles. The Hall–Kier alpha value is -2.39. The molecule has 2 nitrogen and oxygen atoms in total. The fourth-order valence-corrected chi connectivity index (χ4v) is 3.25. The van der Waals surface area contributed by atoms with Gasteiger partial charge in [0, 0.05) is 5.56 Å². The minimum Gasteiger partial charge on any atom is -0.475 e. The summed E-state index contributed by atoms with van der Waals surface area (Å²) in [6.45, 7) is 2.09. The molecule has 3 aromatic carbocycles. The quantitative estimate of drug-likeness (QED) is 0.735. The number of ether oxygens (including phenoxy) is 1. The number of halogens is 1. The molecule has 0 aliphatic carbocycles. The molecule has 3 aromatic rings. The van der Waals surface area contributed by atoms with Gasteiger partial charge >= 0.3 is 0 Å². The first-order chi connectivity index (χ1) is 11.3. The highest BCUT2D eigenvalue weighted by Crippen LogP contribution is 2.40. The van der Waals surface area contributed by atoms with Crippen molar-refractivity contribution in [3.63, 3.8) is 0 Å². The summed E-state index contributed by atoms with van der Waals surface area (Å²) in [5.41, 5.74) is 2.17. The second-order valence-electron chi connectivity index (χ2n) is 5.86. The highest BCUT2D eigenvalue weighted by atomic mass is 19.1. The lowest BCUT2D eigenvalue weighted by atomic mass is 9.91. The fourth-order valence-electron chi connectivity index (χ4n) is 3.25. The Kier molecular flexibility index (Phi) is 3.50. The molecule has 0 fully saturated rings. The number of hydrogen-bond acceptors (Lipinski definition) is 2. The zero-order chi connectivity index (χ0) is 15.8. The van der Waals surface area contributed by atoms with Gasteiger partial charge in [0.1, 0.15) is 11.6 Å². The molecule has 2 atom stereocenters. The minimum absolute atomic E-state index is 0.00426. The van der Waals surface area contributed by atoms with Crippen LogP contribution in [0.15, 0.2) is 60.7 Å². The van der Waals surface area contributed by atoms with Crippen molar-refractivity contribution in [3.8, 4) is 5.75 Å². The van der Waals surface area contributed by atoms with Crippen molar-refractivity contribution in [1.82, 2.24) is 5.32 Å². The SMILES string of the molecule is CC[C@@H]1N[C@@H](c2ccc(F)cc2)c2c(ccc3ccccc23)O1. The van der Waals surface area contributed by atoms with Gasteiger partial charge in [-0.1, -0.05) is 49.4 Å². The smallest absolute Gasteiger partial charge is 0.150 e. The molecule has 0 unspecified atom stereocenters. The number of fused-ring (bicyclic) bond motifs is 3. The van der Waals surface area contributed by atoms with Crippen LogP contribution in [0.2, 0.25) is 0 Å². The maximum absolute atomic E-state index is 13.3. The molecule has 1 N–H and O–H groups in total. The van der Waals surface area contributed by atoms with Crippen LogP contribution in [0.3, 0.4) is 0 Å². The molecular weight excluding hydrogens is 289 g/mol. The van der Waals surface area contributed by atoms with Gasteiger partial charge in [-0.3, -0.25) is 5.32 Å². The van der Waals surface area contributed by atoms with Crippen molar-refractivity contribution in [2.75, 3.05) is 0 Å². The van der Waals surface area contributed by atoms with Crippen molar-refractivity contribution < 1.29 is 9.13 Å². The third-order valence-corrected chi connectivity index (χ3v) is 4.42. The van der Waals surface area contributed by atoms with Crippen molar-refractivity contribution in [2.24, 2.45) is 0 Å².